The van der Waals surface area contributed by atoms with E-state index < -0.39 is 0 Å². The number of carbonyl (C=O) groups excluding carboxylic acids is 1. The van der Waals surface area contributed by atoms with Gasteiger partial charge in [0.05, 0.1) is 12.8 Å². The number of amides is 1. The highest BCUT2D eigenvalue weighted by Gasteiger charge is 2.10. The van der Waals surface area contributed by atoms with Crippen LogP contribution in [0.25, 0.3) is 0 Å². The highest BCUT2D eigenvalue weighted by atomic mass is 16.5. The predicted molar refractivity (Wildman–Crippen MR) is 75.5 cm³/mol. The predicted octanol–water partition coefficient (Wildman–Crippen LogP) is 2.35. The number of rotatable bonds is 4. The van der Waals surface area contributed by atoms with Gasteiger partial charge in [-0.3, -0.25) is 4.79 Å². The maximum absolute atomic E-state index is 12.1. The molecule has 0 aliphatic carbocycles. The molecule has 0 atom stereocenters. The van der Waals surface area contributed by atoms with Crippen molar-refractivity contribution < 1.29 is 9.53 Å². The Labute approximate surface area is 112 Å². The zero-order chi connectivity index (χ0) is 13.8. The molecule has 0 saturated heterocycles. The molecule has 1 amide bonds. The van der Waals surface area contributed by atoms with Gasteiger partial charge in [0.15, 0.2) is 0 Å². The van der Waals surface area contributed by atoms with Crippen LogP contribution in [0.1, 0.15) is 17.4 Å². The molecule has 1 aromatic heterocycles. The summed E-state index contributed by atoms with van der Waals surface area (Å²) in [7, 11) is 1.55. The third-order valence-electron chi connectivity index (χ3n) is 2.89. The van der Waals surface area contributed by atoms with Gasteiger partial charge in [-0.05, 0) is 37.3 Å². The number of nitrogens with one attached hydrogen (secondary N) is 1. The lowest BCUT2D eigenvalue weighted by Gasteiger charge is -2.10. The third-order valence-corrected chi connectivity index (χ3v) is 2.89. The number of anilines is 2. The van der Waals surface area contributed by atoms with Crippen LogP contribution >= 0.6 is 0 Å². The van der Waals surface area contributed by atoms with Crippen LogP contribution in [0.2, 0.25) is 0 Å². The fourth-order valence-corrected chi connectivity index (χ4v) is 1.90. The number of nitrogens with two attached hydrogens (primary N) is 1. The number of ether oxygens (including phenoxy) is 1. The van der Waals surface area contributed by atoms with Gasteiger partial charge in [-0.25, -0.2) is 0 Å². The number of aromatic nitrogens is 1. The first-order valence-electron chi connectivity index (χ1n) is 6.05. The Balaban J connectivity index is 2.17. The number of carbonyl (C=O) groups is 1. The normalized spacial score (nSPS) is 10.2. The number of benzene rings is 1. The summed E-state index contributed by atoms with van der Waals surface area (Å²) in [5, 5.41) is 2.82. The minimum Gasteiger partial charge on any atom is -0.495 e. The molecule has 3 N–H and O–H groups in total. The van der Waals surface area contributed by atoms with Gasteiger partial charge in [0.1, 0.15) is 11.4 Å². The number of nitrogens with zero attached hydrogens (tertiary/aromatic N) is 1. The molecule has 0 radical (unpaired) electrons. The van der Waals surface area contributed by atoms with Gasteiger partial charge in [-0.1, -0.05) is 0 Å². The van der Waals surface area contributed by atoms with Crippen LogP contribution in [0.4, 0.5) is 11.4 Å². The fraction of sp³-hybridized carbons (Fsp3) is 0.214. The topological polar surface area (TPSA) is 69.3 Å². The van der Waals surface area contributed by atoms with E-state index in [-0.39, 0.29) is 5.91 Å². The Morgan fingerprint density at radius 1 is 1.42 bits per heavy atom. The van der Waals surface area contributed by atoms with Crippen LogP contribution in [0.5, 0.6) is 5.75 Å². The lowest BCUT2D eigenvalue weighted by molar-refractivity contribution is 0.101. The Kier molecular flexibility index (Phi) is 3.75. The molecular weight excluding hydrogens is 242 g/mol. The van der Waals surface area contributed by atoms with Crippen molar-refractivity contribution in [3.8, 4) is 5.75 Å². The number of hydrogen-bond donors (Lipinski definition) is 2. The smallest absolute Gasteiger partial charge is 0.272 e. The second-order valence-corrected chi connectivity index (χ2v) is 4.09. The van der Waals surface area contributed by atoms with Crippen LogP contribution in [0, 0.1) is 0 Å². The largest absolute Gasteiger partial charge is 0.495 e. The average Bonchev–Trinajstić information content (AvgIpc) is 2.87. The minimum atomic E-state index is -0.156. The maximum Gasteiger partial charge on any atom is 0.272 e. The van der Waals surface area contributed by atoms with Crippen LogP contribution in [0.15, 0.2) is 36.5 Å². The van der Waals surface area contributed by atoms with Gasteiger partial charge in [0, 0.05) is 18.4 Å². The lowest BCUT2D eigenvalue weighted by Crippen LogP contribution is -2.16. The van der Waals surface area contributed by atoms with Crippen LogP contribution < -0.4 is 15.8 Å². The summed E-state index contributed by atoms with van der Waals surface area (Å²) in [5.74, 6) is 0.436. The molecule has 0 saturated carbocycles. The standard InChI is InChI=1S/C14H17N3O2/c1-3-17-8-4-5-12(17)14(18)16-10-6-7-13(19-2)11(15)9-10/h4-9H,3,15H2,1-2H3,(H,16,18). The van der Waals surface area contributed by atoms with Gasteiger partial charge in [-0.2, -0.15) is 0 Å². The molecule has 2 aromatic rings. The van der Waals surface area contributed by atoms with E-state index in [1.54, 1.807) is 31.4 Å². The van der Waals surface area contributed by atoms with Crippen LogP contribution in [0.3, 0.4) is 0 Å². The van der Waals surface area contributed by atoms with Gasteiger partial charge in [-0.15, -0.1) is 0 Å². The summed E-state index contributed by atoms with van der Waals surface area (Å²) in [5.41, 5.74) is 7.56. The number of hydrogen-bond acceptors (Lipinski definition) is 3. The molecule has 2 rings (SSSR count). The summed E-state index contributed by atoms with van der Waals surface area (Å²) in [6.07, 6.45) is 1.87. The summed E-state index contributed by atoms with van der Waals surface area (Å²) in [4.78, 5) is 12.1. The summed E-state index contributed by atoms with van der Waals surface area (Å²) in [6, 6.07) is 8.79. The molecule has 1 heterocycles. The second kappa shape index (κ2) is 5.48. The van der Waals surface area contributed by atoms with Crippen molar-refractivity contribution in [2.45, 2.75) is 13.5 Å². The SMILES string of the molecule is CCn1cccc1C(=O)Nc1ccc(OC)c(N)c1. The van der Waals surface area contributed by atoms with E-state index in [1.165, 1.54) is 0 Å². The molecule has 19 heavy (non-hydrogen) atoms. The molecule has 0 aliphatic heterocycles. The molecule has 0 spiro atoms. The highest BCUT2D eigenvalue weighted by Crippen LogP contribution is 2.24. The molecule has 5 nitrogen and oxygen atoms in total. The Morgan fingerprint density at radius 2 is 2.21 bits per heavy atom. The lowest BCUT2D eigenvalue weighted by atomic mass is 10.2. The van der Waals surface area contributed by atoms with E-state index in [4.69, 9.17) is 10.5 Å². The maximum atomic E-state index is 12.1. The summed E-state index contributed by atoms with van der Waals surface area (Å²) < 4.78 is 6.95. The van der Waals surface area contributed by atoms with Crippen molar-refractivity contribution >= 4 is 17.3 Å². The average molecular weight is 259 g/mol. The number of nitrogen functional groups attached to an aromatic ring is 1. The van der Waals surface area contributed by atoms with Gasteiger partial charge in [0.2, 0.25) is 0 Å². The summed E-state index contributed by atoms with van der Waals surface area (Å²) >= 11 is 0. The van der Waals surface area contributed by atoms with Gasteiger partial charge < -0.3 is 20.4 Å². The Hall–Kier alpha value is -2.43. The molecular formula is C14H17N3O2. The van der Waals surface area contributed by atoms with E-state index in [1.807, 2.05) is 23.8 Å². The van der Waals surface area contributed by atoms with E-state index in [0.29, 0.717) is 22.8 Å². The zero-order valence-electron chi connectivity index (χ0n) is 11.0. The van der Waals surface area contributed by atoms with E-state index >= 15 is 0 Å². The van der Waals surface area contributed by atoms with Crippen molar-refractivity contribution in [2.24, 2.45) is 0 Å². The highest BCUT2D eigenvalue weighted by molar-refractivity contribution is 6.03. The molecule has 0 bridgehead atoms. The van der Waals surface area contributed by atoms with Crippen LogP contribution in [-0.2, 0) is 6.54 Å². The Bertz CT molecular complexity index is 590. The molecule has 0 aliphatic rings. The molecule has 5 heteroatoms. The molecule has 0 unspecified atom stereocenters. The summed E-state index contributed by atoms with van der Waals surface area (Å²) in [6.45, 7) is 2.74. The minimum absolute atomic E-state index is 0.156. The third kappa shape index (κ3) is 2.70. The van der Waals surface area contributed by atoms with Crippen molar-refractivity contribution in [2.75, 3.05) is 18.2 Å². The molecule has 100 valence electrons. The van der Waals surface area contributed by atoms with Gasteiger partial charge >= 0.3 is 0 Å². The quantitative estimate of drug-likeness (QED) is 0.828. The van der Waals surface area contributed by atoms with Crippen LogP contribution in [-0.4, -0.2) is 17.6 Å². The molecule has 1 aromatic carbocycles. The van der Waals surface area contributed by atoms with Crippen molar-refractivity contribution in [3.63, 3.8) is 0 Å². The zero-order valence-corrected chi connectivity index (χ0v) is 11.0. The van der Waals surface area contributed by atoms with E-state index in [9.17, 15) is 4.79 Å². The fourth-order valence-electron chi connectivity index (χ4n) is 1.90. The van der Waals surface area contributed by atoms with Crippen molar-refractivity contribution in [3.05, 3.63) is 42.2 Å². The second-order valence-electron chi connectivity index (χ2n) is 4.09. The Morgan fingerprint density at radius 3 is 2.84 bits per heavy atom. The van der Waals surface area contributed by atoms with E-state index in [2.05, 4.69) is 5.32 Å². The first-order valence-corrected chi connectivity index (χ1v) is 6.05. The van der Waals surface area contributed by atoms with Crippen molar-refractivity contribution in [1.29, 1.82) is 0 Å². The van der Waals surface area contributed by atoms with E-state index in [0.717, 1.165) is 6.54 Å². The molecule has 0 fully saturated rings. The van der Waals surface area contributed by atoms with Gasteiger partial charge in [0.25, 0.3) is 5.91 Å². The van der Waals surface area contributed by atoms with Crippen molar-refractivity contribution in [1.82, 2.24) is 4.57 Å². The first-order chi connectivity index (χ1) is 9.15. The first kappa shape index (κ1) is 13.0. The monoisotopic (exact) mass is 259 g/mol. The number of aryl methyl sites for hydroxylation is 1. The number of methoxy groups -OCH3 is 1.